The van der Waals surface area contributed by atoms with Crippen LogP contribution in [0.25, 0.3) is 0 Å². The van der Waals surface area contributed by atoms with Crippen molar-refractivity contribution < 1.29 is 9.00 Å². The van der Waals surface area contributed by atoms with E-state index >= 15 is 0 Å². The fourth-order valence-electron chi connectivity index (χ4n) is 3.29. The molecule has 4 heteroatoms. The zero-order chi connectivity index (χ0) is 18.9. The van der Waals surface area contributed by atoms with Crippen molar-refractivity contribution >= 4 is 22.4 Å². The maximum atomic E-state index is 12.9. The Hall–Kier alpha value is -1.94. The van der Waals surface area contributed by atoms with Gasteiger partial charge in [0.15, 0.2) is 0 Å². The van der Waals surface area contributed by atoms with Gasteiger partial charge in [-0.1, -0.05) is 63.2 Å². The van der Waals surface area contributed by atoms with Crippen LogP contribution in [0.2, 0.25) is 0 Å². The molecule has 0 N–H and O–H groups in total. The van der Waals surface area contributed by atoms with Gasteiger partial charge < -0.3 is 4.90 Å². The molecular weight excluding hydrogens is 342 g/mol. The number of carbonyl (C=O) groups is 1. The number of fused-ring (bicyclic) bond motifs is 1. The summed E-state index contributed by atoms with van der Waals surface area (Å²) in [7, 11) is -1.24. The molecule has 0 aromatic heterocycles. The van der Waals surface area contributed by atoms with Gasteiger partial charge in [-0.3, -0.25) is 9.00 Å². The van der Waals surface area contributed by atoms with E-state index in [2.05, 4.69) is 39.0 Å². The van der Waals surface area contributed by atoms with E-state index in [1.165, 1.54) is 11.1 Å². The second-order valence-electron chi connectivity index (χ2n) is 7.98. The molecule has 0 radical (unpaired) electrons. The Morgan fingerprint density at radius 2 is 1.77 bits per heavy atom. The van der Waals surface area contributed by atoms with E-state index in [4.69, 9.17) is 0 Å². The lowest BCUT2D eigenvalue weighted by Gasteiger charge is -2.22. The number of benzene rings is 2. The quantitative estimate of drug-likeness (QED) is 0.809. The molecule has 26 heavy (non-hydrogen) atoms. The van der Waals surface area contributed by atoms with Gasteiger partial charge in [0.1, 0.15) is 5.25 Å². The van der Waals surface area contributed by atoms with E-state index in [0.717, 1.165) is 17.7 Å². The second-order valence-corrected chi connectivity index (χ2v) is 9.74. The van der Waals surface area contributed by atoms with Crippen molar-refractivity contribution in [3.63, 3.8) is 0 Å². The Morgan fingerprint density at radius 3 is 2.42 bits per heavy atom. The third-order valence-corrected chi connectivity index (χ3v) is 6.63. The van der Waals surface area contributed by atoms with E-state index < -0.39 is 16.0 Å². The van der Waals surface area contributed by atoms with Crippen LogP contribution in [0.1, 0.15) is 44.4 Å². The highest BCUT2D eigenvalue weighted by Gasteiger charge is 2.30. The molecule has 138 valence electrons. The number of amides is 1. The molecule has 1 heterocycles. The highest BCUT2D eigenvalue weighted by Crippen LogP contribution is 2.29. The Balaban J connectivity index is 1.67. The van der Waals surface area contributed by atoms with Gasteiger partial charge >= 0.3 is 0 Å². The first-order chi connectivity index (χ1) is 12.3. The fraction of sp³-hybridized carbons (Fsp3) is 0.409. The number of anilines is 1. The van der Waals surface area contributed by atoms with Gasteiger partial charge in [0.2, 0.25) is 5.91 Å². The largest absolute Gasteiger partial charge is 0.311 e. The summed E-state index contributed by atoms with van der Waals surface area (Å²) < 4.78 is 12.8. The number of nitrogens with zero attached hydrogens (tertiary/aromatic N) is 1. The molecule has 0 spiro atoms. The molecule has 3 nitrogen and oxygen atoms in total. The van der Waals surface area contributed by atoms with Crippen molar-refractivity contribution in [3.05, 3.63) is 65.2 Å². The van der Waals surface area contributed by atoms with Gasteiger partial charge in [0.05, 0.1) is 0 Å². The summed E-state index contributed by atoms with van der Waals surface area (Å²) in [6, 6.07) is 16.2. The summed E-state index contributed by atoms with van der Waals surface area (Å²) in [4.78, 5) is 14.7. The van der Waals surface area contributed by atoms with E-state index in [-0.39, 0.29) is 11.3 Å². The SMILES string of the molecule is CC(C(=O)N1CCc2ccccc21)S(=O)Cc1ccc(C(C)(C)C)cc1. The lowest BCUT2D eigenvalue weighted by atomic mass is 9.87. The highest BCUT2D eigenvalue weighted by atomic mass is 32.2. The molecular formula is C22H27NO2S. The molecule has 0 saturated heterocycles. The third-order valence-electron chi connectivity index (χ3n) is 5.02. The van der Waals surface area contributed by atoms with E-state index in [9.17, 15) is 9.00 Å². The minimum atomic E-state index is -1.24. The molecule has 2 unspecified atom stereocenters. The molecule has 0 aliphatic carbocycles. The van der Waals surface area contributed by atoms with Gasteiger partial charge in [0, 0.05) is 28.8 Å². The molecule has 0 fully saturated rings. The summed E-state index contributed by atoms with van der Waals surface area (Å²) in [5.74, 6) is 0.367. The fourth-order valence-corrected chi connectivity index (χ4v) is 4.41. The lowest BCUT2D eigenvalue weighted by Crippen LogP contribution is -2.39. The smallest absolute Gasteiger partial charge is 0.242 e. The van der Waals surface area contributed by atoms with Crippen molar-refractivity contribution in [1.29, 1.82) is 0 Å². The minimum Gasteiger partial charge on any atom is -0.311 e. The monoisotopic (exact) mass is 369 g/mol. The van der Waals surface area contributed by atoms with Gasteiger partial charge in [-0.05, 0) is 41.5 Å². The van der Waals surface area contributed by atoms with E-state index in [0.29, 0.717) is 12.3 Å². The lowest BCUT2D eigenvalue weighted by molar-refractivity contribution is -0.117. The van der Waals surface area contributed by atoms with Crippen LogP contribution in [0, 0.1) is 0 Å². The van der Waals surface area contributed by atoms with Crippen LogP contribution in [0.4, 0.5) is 5.69 Å². The molecule has 2 aromatic carbocycles. The first-order valence-electron chi connectivity index (χ1n) is 9.13. The summed E-state index contributed by atoms with van der Waals surface area (Å²) in [6.45, 7) is 8.99. The van der Waals surface area contributed by atoms with Gasteiger partial charge in [-0.2, -0.15) is 0 Å². The zero-order valence-corrected chi connectivity index (χ0v) is 16.8. The first-order valence-corrected chi connectivity index (χ1v) is 10.5. The van der Waals surface area contributed by atoms with Gasteiger partial charge in [0.25, 0.3) is 0 Å². The minimum absolute atomic E-state index is 0.0420. The number of carbonyl (C=O) groups excluding carboxylic acids is 1. The number of hydrogen-bond donors (Lipinski definition) is 0. The normalized spacial score (nSPS) is 16.2. The Kier molecular flexibility index (Phi) is 5.33. The van der Waals surface area contributed by atoms with Crippen molar-refractivity contribution in [2.45, 2.75) is 50.5 Å². The maximum absolute atomic E-state index is 12.9. The maximum Gasteiger partial charge on any atom is 0.242 e. The van der Waals surface area contributed by atoms with Crippen LogP contribution in [0.3, 0.4) is 0 Å². The van der Waals surface area contributed by atoms with Crippen LogP contribution >= 0.6 is 0 Å². The summed E-state index contributed by atoms with van der Waals surface area (Å²) >= 11 is 0. The molecule has 0 bridgehead atoms. The van der Waals surface area contributed by atoms with E-state index in [1.54, 1.807) is 11.8 Å². The third kappa shape index (κ3) is 3.90. The zero-order valence-electron chi connectivity index (χ0n) is 16.0. The highest BCUT2D eigenvalue weighted by molar-refractivity contribution is 7.85. The van der Waals surface area contributed by atoms with E-state index in [1.807, 2.05) is 30.3 Å². The number of rotatable bonds is 4. The van der Waals surface area contributed by atoms with Crippen molar-refractivity contribution in [1.82, 2.24) is 0 Å². The van der Waals surface area contributed by atoms with Crippen molar-refractivity contribution in [2.75, 3.05) is 11.4 Å². The topological polar surface area (TPSA) is 37.4 Å². The Morgan fingerprint density at radius 1 is 1.12 bits per heavy atom. The van der Waals surface area contributed by atoms with Crippen LogP contribution < -0.4 is 4.90 Å². The Labute approximate surface area is 158 Å². The molecule has 2 aromatic rings. The second kappa shape index (κ2) is 7.36. The molecule has 1 aliphatic heterocycles. The standard InChI is InChI=1S/C22H27NO2S/c1-16(21(24)23-14-13-18-7-5-6-8-20(18)23)26(25)15-17-9-11-19(12-10-17)22(2,3)4/h5-12,16H,13-15H2,1-4H3. The van der Waals surface area contributed by atoms with Gasteiger partial charge in [-0.25, -0.2) is 0 Å². The van der Waals surface area contributed by atoms with Crippen molar-refractivity contribution in [3.8, 4) is 0 Å². The molecule has 3 rings (SSSR count). The van der Waals surface area contributed by atoms with Crippen LogP contribution in [-0.4, -0.2) is 21.9 Å². The predicted molar refractivity (Wildman–Crippen MR) is 109 cm³/mol. The molecule has 0 saturated carbocycles. The van der Waals surface area contributed by atoms with Crippen LogP contribution in [0.5, 0.6) is 0 Å². The number of hydrogen-bond acceptors (Lipinski definition) is 2. The summed E-state index contributed by atoms with van der Waals surface area (Å²) in [5, 5.41) is -0.511. The van der Waals surface area contributed by atoms with Crippen LogP contribution in [-0.2, 0) is 33.2 Å². The van der Waals surface area contributed by atoms with Crippen LogP contribution in [0.15, 0.2) is 48.5 Å². The average Bonchev–Trinajstić information content (AvgIpc) is 3.04. The summed E-state index contributed by atoms with van der Waals surface area (Å²) in [6.07, 6.45) is 0.871. The molecule has 2 atom stereocenters. The Bertz CT molecular complexity index is 821. The molecule has 1 amide bonds. The van der Waals surface area contributed by atoms with Gasteiger partial charge in [-0.15, -0.1) is 0 Å². The molecule has 1 aliphatic rings. The average molecular weight is 370 g/mol. The first kappa shape index (κ1) is 18.8. The van der Waals surface area contributed by atoms with Crippen molar-refractivity contribution in [2.24, 2.45) is 0 Å². The summed E-state index contributed by atoms with van der Waals surface area (Å²) in [5.41, 5.74) is 4.53. The predicted octanol–water partition coefficient (Wildman–Crippen LogP) is 4.21. The number of para-hydroxylation sites is 1.